The Morgan fingerprint density at radius 2 is 2.15 bits per heavy atom. The highest BCUT2D eigenvalue weighted by Gasteiger charge is 2.19. The molecule has 112 valence electrons. The summed E-state index contributed by atoms with van der Waals surface area (Å²) in [4.78, 5) is 17.5. The Morgan fingerprint density at radius 3 is 2.85 bits per heavy atom. The van der Waals surface area contributed by atoms with Crippen molar-refractivity contribution in [3.8, 4) is 0 Å². The molecule has 1 unspecified atom stereocenters. The largest absolute Gasteiger partial charge is 0.377 e. The number of hydrogen-bond donors (Lipinski definition) is 1. The van der Waals surface area contributed by atoms with Crippen LogP contribution in [0.2, 0.25) is 0 Å². The van der Waals surface area contributed by atoms with Crippen LogP contribution in [0.3, 0.4) is 0 Å². The number of hydrogen-bond acceptors (Lipinski definition) is 7. The monoisotopic (exact) mass is 280 g/mol. The van der Waals surface area contributed by atoms with Crippen molar-refractivity contribution in [1.29, 1.82) is 0 Å². The van der Waals surface area contributed by atoms with Gasteiger partial charge in [-0.1, -0.05) is 0 Å². The maximum Gasteiger partial charge on any atom is 0.232 e. The Hall–Kier alpha value is -1.63. The topological polar surface area (TPSA) is 66.4 Å². The second-order valence-electron chi connectivity index (χ2n) is 5.16. The molecule has 1 aliphatic rings. The first-order chi connectivity index (χ1) is 9.60. The SMILES string of the molecule is CCNc1nc(N(C)C)nc(N2CCCOC(C)C2)n1. The fourth-order valence-corrected chi connectivity index (χ4v) is 2.11. The number of aromatic nitrogens is 3. The molecule has 0 saturated carbocycles. The third-order valence-corrected chi connectivity index (χ3v) is 3.08. The lowest BCUT2D eigenvalue weighted by Gasteiger charge is -2.23. The molecule has 1 aromatic heterocycles. The fraction of sp³-hybridized carbons (Fsp3) is 0.769. The van der Waals surface area contributed by atoms with Crippen LogP contribution in [0.4, 0.5) is 17.8 Å². The van der Waals surface area contributed by atoms with Crippen molar-refractivity contribution in [2.24, 2.45) is 0 Å². The summed E-state index contributed by atoms with van der Waals surface area (Å²) in [5.41, 5.74) is 0. The molecule has 20 heavy (non-hydrogen) atoms. The molecule has 7 nitrogen and oxygen atoms in total. The molecule has 1 atom stereocenters. The van der Waals surface area contributed by atoms with Crippen LogP contribution in [-0.4, -0.2) is 61.4 Å². The summed E-state index contributed by atoms with van der Waals surface area (Å²) in [7, 11) is 3.87. The standard InChI is InChI=1S/C13H24N6O/c1-5-14-11-15-12(18(3)4)17-13(16-11)19-7-6-8-20-10(2)9-19/h10H,5-9H2,1-4H3,(H,14,15,16,17). The van der Waals surface area contributed by atoms with Gasteiger partial charge in [0.15, 0.2) is 0 Å². The predicted octanol–water partition coefficient (Wildman–Crippen LogP) is 0.985. The van der Waals surface area contributed by atoms with E-state index in [4.69, 9.17) is 4.74 Å². The second-order valence-corrected chi connectivity index (χ2v) is 5.16. The average Bonchev–Trinajstić information content (AvgIpc) is 2.63. The zero-order chi connectivity index (χ0) is 14.5. The van der Waals surface area contributed by atoms with Gasteiger partial charge in [-0.25, -0.2) is 0 Å². The Balaban J connectivity index is 2.28. The predicted molar refractivity (Wildman–Crippen MR) is 80.6 cm³/mol. The van der Waals surface area contributed by atoms with Crippen LogP contribution < -0.4 is 15.1 Å². The van der Waals surface area contributed by atoms with Crippen molar-refractivity contribution in [3.05, 3.63) is 0 Å². The van der Waals surface area contributed by atoms with Crippen molar-refractivity contribution < 1.29 is 4.74 Å². The molecule has 0 spiro atoms. The van der Waals surface area contributed by atoms with Gasteiger partial charge in [-0.15, -0.1) is 0 Å². The van der Waals surface area contributed by atoms with E-state index in [1.54, 1.807) is 0 Å². The van der Waals surface area contributed by atoms with E-state index in [0.29, 0.717) is 11.9 Å². The molecule has 1 aliphatic heterocycles. The normalized spacial score (nSPS) is 19.6. The van der Waals surface area contributed by atoms with Gasteiger partial charge in [0.1, 0.15) is 0 Å². The zero-order valence-corrected chi connectivity index (χ0v) is 12.8. The Kier molecular flexibility index (Phi) is 4.94. The molecule has 0 aliphatic carbocycles. The Morgan fingerprint density at radius 1 is 1.35 bits per heavy atom. The van der Waals surface area contributed by atoms with E-state index in [1.807, 2.05) is 25.9 Å². The highest BCUT2D eigenvalue weighted by Crippen LogP contribution is 2.17. The first kappa shape index (κ1) is 14.8. The van der Waals surface area contributed by atoms with Crippen molar-refractivity contribution in [2.75, 3.05) is 55.5 Å². The highest BCUT2D eigenvalue weighted by molar-refractivity contribution is 5.44. The van der Waals surface area contributed by atoms with Crippen LogP contribution in [0.5, 0.6) is 0 Å². The quantitative estimate of drug-likeness (QED) is 0.882. The molecule has 1 aromatic rings. The van der Waals surface area contributed by atoms with Gasteiger partial charge in [0.05, 0.1) is 6.10 Å². The summed E-state index contributed by atoms with van der Waals surface area (Å²) in [6, 6.07) is 0. The van der Waals surface area contributed by atoms with Gasteiger partial charge in [-0.05, 0) is 20.3 Å². The van der Waals surface area contributed by atoms with Gasteiger partial charge in [-0.2, -0.15) is 15.0 Å². The van der Waals surface area contributed by atoms with E-state index < -0.39 is 0 Å². The summed E-state index contributed by atoms with van der Waals surface area (Å²) in [5.74, 6) is 2.01. The lowest BCUT2D eigenvalue weighted by Crippen LogP contribution is -2.32. The fourth-order valence-electron chi connectivity index (χ4n) is 2.11. The minimum Gasteiger partial charge on any atom is -0.377 e. The summed E-state index contributed by atoms with van der Waals surface area (Å²) >= 11 is 0. The molecule has 0 amide bonds. The number of nitrogens with zero attached hydrogens (tertiary/aromatic N) is 5. The van der Waals surface area contributed by atoms with Crippen LogP contribution in [-0.2, 0) is 4.74 Å². The molecular formula is C13H24N6O. The van der Waals surface area contributed by atoms with Gasteiger partial charge in [0.2, 0.25) is 17.8 Å². The summed E-state index contributed by atoms with van der Waals surface area (Å²) in [6.07, 6.45) is 1.18. The Bertz CT molecular complexity index is 439. The van der Waals surface area contributed by atoms with Crippen molar-refractivity contribution in [3.63, 3.8) is 0 Å². The third-order valence-electron chi connectivity index (χ3n) is 3.08. The number of ether oxygens (including phenoxy) is 1. The van der Waals surface area contributed by atoms with Crippen LogP contribution in [0.25, 0.3) is 0 Å². The van der Waals surface area contributed by atoms with E-state index in [2.05, 4.69) is 32.1 Å². The summed E-state index contributed by atoms with van der Waals surface area (Å²) in [5, 5.41) is 3.16. The van der Waals surface area contributed by atoms with Gasteiger partial charge in [0, 0.05) is 40.3 Å². The lowest BCUT2D eigenvalue weighted by atomic mass is 10.3. The van der Waals surface area contributed by atoms with Crippen molar-refractivity contribution in [1.82, 2.24) is 15.0 Å². The highest BCUT2D eigenvalue weighted by atomic mass is 16.5. The number of rotatable bonds is 4. The molecule has 2 heterocycles. The van der Waals surface area contributed by atoms with Crippen LogP contribution in [0, 0.1) is 0 Å². The van der Waals surface area contributed by atoms with E-state index in [0.717, 1.165) is 38.6 Å². The van der Waals surface area contributed by atoms with Crippen molar-refractivity contribution in [2.45, 2.75) is 26.4 Å². The third kappa shape index (κ3) is 3.69. The number of nitrogens with one attached hydrogen (secondary N) is 1. The van der Waals surface area contributed by atoms with Gasteiger partial charge in [0.25, 0.3) is 0 Å². The zero-order valence-electron chi connectivity index (χ0n) is 12.8. The van der Waals surface area contributed by atoms with Crippen molar-refractivity contribution >= 4 is 17.8 Å². The Labute approximate surface area is 120 Å². The summed E-state index contributed by atoms with van der Waals surface area (Å²) < 4.78 is 5.67. The first-order valence-corrected chi connectivity index (χ1v) is 7.14. The molecular weight excluding hydrogens is 256 g/mol. The molecule has 0 bridgehead atoms. The molecule has 1 fully saturated rings. The molecule has 0 aromatic carbocycles. The van der Waals surface area contributed by atoms with Crippen LogP contribution >= 0.6 is 0 Å². The van der Waals surface area contributed by atoms with Crippen LogP contribution in [0.15, 0.2) is 0 Å². The molecule has 7 heteroatoms. The van der Waals surface area contributed by atoms with Gasteiger partial charge in [-0.3, -0.25) is 0 Å². The molecule has 2 rings (SSSR count). The average molecular weight is 280 g/mol. The minimum absolute atomic E-state index is 0.194. The number of anilines is 3. The molecule has 0 radical (unpaired) electrons. The van der Waals surface area contributed by atoms with Crippen LogP contribution in [0.1, 0.15) is 20.3 Å². The van der Waals surface area contributed by atoms with E-state index in [-0.39, 0.29) is 6.10 Å². The lowest BCUT2D eigenvalue weighted by molar-refractivity contribution is 0.0820. The van der Waals surface area contributed by atoms with E-state index >= 15 is 0 Å². The second kappa shape index (κ2) is 6.69. The van der Waals surface area contributed by atoms with E-state index in [9.17, 15) is 0 Å². The molecule has 1 N–H and O–H groups in total. The maximum absolute atomic E-state index is 5.67. The molecule has 1 saturated heterocycles. The minimum atomic E-state index is 0.194. The van der Waals surface area contributed by atoms with Gasteiger partial charge >= 0.3 is 0 Å². The summed E-state index contributed by atoms with van der Waals surface area (Å²) in [6.45, 7) is 7.41. The first-order valence-electron chi connectivity index (χ1n) is 7.14. The van der Waals surface area contributed by atoms with Gasteiger partial charge < -0.3 is 19.9 Å². The smallest absolute Gasteiger partial charge is 0.232 e. The maximum atomic E-state index is 5.67. The van der Waals surface area contributed by atoms with E-state index in [1.165, 1.54) is 0 Å².